The molecule has 0 atom stereocenters. The standard InChI is InChI=1S/C14H23FO2Si/c1-5-18(6-2,16-11-12(3)4)17-14-10-8-7-9-13(14)15/h7-10,12H,5-6,11H2,1-4H3. The Bertz CT molecular complexity index is 365. The fourth-order valence-electron chi connectivity index (χ4n) is 1.67. The maximum atomic E-state index is 13.6. The third-order valence-electron chi connectivity index (χ3n) is 2.89. The topological polar surface area (TPSA) is 18.5 Å². The fourth-order valence-corrected chi connectivity index (χ4v) is 4.13. The summed E-state index contributed by atoms with van der Waals surface area (Å²) in [6.07, 6.45) is 0. The highest BCUT2D eigenvalue weighted by Gasteiger charge is 2.36. The highest BCUT2D eigenvalue weighted by Crippen LogP contribution is 2.25. The second kappa shape index (κ2) is 6.90. The number of hydrogen-bond donors (Lipinski definition) is 0. The summed E-state index contributed by atoms with van der Waals surface area (Å²) in [4.78, 5) is 0. The molecule has 0 unspecified atom stereocenters. The van der Waals surface area contributed by atoms with E-state index >= 15 is 0 Å². The lowest BCUT2D eigenvalue weighted by Crippen LogP contribution is -2.45. The molecule has 0 saturated heterocycles. The summed E-state index contributed by atoms with van der Waals surface area (Å²) < 4.78 is 25.6. The summed E-state index contributed by atoms with van der Waals surface area (Å²) in [7, 11) is -2.32. The Kier molecular flexibility index (Phi) is 5.82. The van der Waals surface area contributed by atoms with E-state index in [1.807, 2.05) is 0 Å². The monoisotopic (exact) mass is 270 g/mol. The largest absolute Gasteiger partial charge is 0.518 e. The smallest absolute Gasteiger partial charge is 0.398 e. The number of hydrogen-bond acceptors (Lipinski definition) is 2. The number of benzene rings is 1. The highest BCUT2D eigenvalue weighted by atomic mass is 28.4. The molecule has 0 heterocycles. The number of halogens is 1. The molecule has 18 heavy (non-hydrogen) atoms. The van der Waals surface area contributed by atoms with Gasteiger partial charge < -0.3 is 8.85 Å². The first-order valence-corrected chi connectivity index (χ1v) is 8.83. The van der Waals surface area contributed by atoms with Gasteiger partial charge in [0.05, 0.1) is 0 Å². The van der Waals surface area contributed by atoms with Crippen molar-refractivity contribution < 1.29 is 13.2 Å². The quantitative estimate of drug-likeness (QED) is 0.685. The van der Waals surface area contributed by atoms with E-state index in [2.05, 4.69) is 27.7 Å². The van der Waals surface area contributed by atoms with Crippen molar-refractivity contribution >= 4 is 8.56 Å². The summed E-state index contributed by atoms with van der Waals surface area (Å²) in [5.41, 5.74) is 0. The van der Waals surface area contributed by atoms with Crippen LogP contribution in [0.25, 0.3) is 0 Å². The number of rotatable bonds is 7. The first-order valence-electron chi connectivity index (χ1n) is 6.60. The molecule has 0 aliphatic heterocycles. The molecule has 0 saturated carbocycles. The van der Waals surface area contributed by atoms with E-state index in [9.17, 15) is 4.39 Å². The average molecular weight is 270 g/mol. The maximum absolute atomic E-state index is 13.6. The van der Waals surface area contributed by atoms with Crippen LogP contribution in [0.15, 0.2) is 24.3 Å². The zero-order chi connectivity index (χ0) is 13.6. The Balaban J connectivity index is 2.82. The molecule has 1 aromatic carbocycles. The average Bonchev–Trinajstić information content (AvgIpc) is 2.37. The van der Waals surface area contributed by atoms with Crippen LogP contribution in [0.2, 0.25) is 12.1 Å². The van der Waals surface area contributed by atoms with Crippen LogP contribution in [0.3, 0.4) is 0 Å². The van der Waals surface area contributed by atoms with Gasteiger partial charge in [0.1, 0.15) is 5.75 Å². The van der Waals surface area contributed by atoms with Gasteiger partial charge in [-0.15, -0.1) is 0 Å². The molecule has 0 aliphatic carbocycles. The lowest BCUT2D eigenvalue weighted by atomic mass is 10.2. The van der Waals surface area contributed by atoms with Gasteiger partial charge in [-0.2, -0.15) is 0 Å². The molecule has 0 spiro atoms. The van der Waals surface area contributed by atoms with Gasteiger partial charge in [0, 0.05) is 6.61 Å². The Morgan fingerprint density at radius 1 is 1.17 bits per heavy atom. The second-order valence-corrected chi connectivity index (χ2v) is 8.58. The van der Waals surface area contributed by atoms with Gasteiger partial charge in [-0.05, 0) is 30.1 Å². The third kappa shape index (κ3) is 4.10. The van der Waals surface area contributed by atoms with E-state index in [0.717, 1.165) is 12.1 Å². The molecular weight excluding hydrogens is 247 g/mol. The van der Waals surface area contributed by atoms with Gasteiger partial charge in [0.2, 0.25) is 0 Å². The van der Waals surface area contributed by atoms with Gasteiger partial charge >= 0.3 is 8.56 Å². The van der Waals surface area contributed by atoms with Crippen LogP contribution in [-0.4, -0.2) is 15.2 Å². The predicted molar refractivity (Wildman–Crippen MR) is 74.5 cm³/mol. The van der Waals surface area contributed by atoms with Crippen molar-refractivity contribution in [3.05, 3.63) is 30.1 Å². The van der Waals surface area contributed by atoms with Crippen molar-refractivity contribution in [1.82, 2.24) is 0 Å². The predicted octanol–water partition coefficient (Wildman–Crippen LogP) is 4.36. The van der Waals surface area contributed by atoms with Crippen molar-refractivity contribution in [3.63, 3.8) is 0 Å². The Labute approximate surface area is 110 Å². The summed E-state index contributed by atoms with van der Waals surface area (Å²) >= 11 is 0. The van der Waals surface area contributed by atoms with Gasteiger partial charge in [-0.25, -0.2) is 4.39 Å². The minimum absolute atomic E-state index is 0.315. The molecule has 0 amide bonds. The van der Waals surface area contributed by atoms with E-state index in [4.69, 9.17) is 8.85 Å². The van der Waals surface area contributed by atoms with Crippen LogP contribution in [-0.2, 0) is 4.43 Å². The van der Waals surface area contributed by atoms with E-state index in [1.54, 1.807) is 18.2 Å². The third-order valence-corrected chi connectivity index (χ3v) is 6.33. The van der Waals surface area contributed by atoms with Crippen LogP contribution in [0.5, 0.6) is 5.75 Å². The zero-order valence-electron chi connectivity index (χ0n) is 11.7. The van der Waals surface area contributed by atoms with Gasteiger partial charge in [-0.1, -0.05) is 39.8 Å². The minimum Gasteiger partial charge on any atom is -0.518 e. The molecule has 0 radical (unpaired) electrons. The van der Waals surface area contributed by atoms with Crippen molar-refractivity contribution in [2.45, 2.75) is 39.8 Å². The normalized spacial score (nSPS) is 11.9. The van der Waals surface area contributed by atoms with Crippen molar-refractivity contribution in [2.75, 3.05) is 6.61 Å². The van der Waals surface area contributed by atoms with Gasteiger partial charge in [0.25, 0.3) is 0 Å². The summed E-state index contributed by atoms with van der Waals surface area (Å²) in [5, 5.41) is 0. The van der Waals surface area contributed by atoms with Crippen LogP contribution < -0.4 is 4.43 Å². The first kappa shape index (κ1) is 15.2. The molecule has 1 rings (SSSR count). The zero-order valence-corrected chi connectivity index (χ0v) is 12.7. The van der Waals surface area contributed by atoms with E-state index in [-0.39, 0.29) is 5.82 Å². The summed E-state index contributed by atoms with van der Waals surface area (Å²) in [6, 6.07) is 8.18. The Morgan fingerprint density at radius 3 is 2.28 bits per heavy atom. The van der Waals surface area contributed by atoms with Gasteiger partial charge in [-0.3, -0.25) is 0 Å². The molecule has 0 fully saturated rings. The van der Waals surface area contributed by atoms with E-state index < -0.39 is 8.56 Å². The second-order valence-electron chi connectivity index (χ2n) is 4.86. The van der Waals surface area contributed by atoms with Crippen LogP contribution in [0.4, 0.5) is 4.39 Å². The van der Waals surface area contributed by atoms with Crippen LogP contribution in [0, 0.1) is 11.7 Å². The molecule has 0 aliphatic rings. The highest BCUT2D eigenvalue weighted by molar-refractivity contribution is 6.68. The van der Waals surface area contributed by atoms with Crippen LogP contribution >= 0.6 is 0 Å². The molecule has 102 valence electrons. The van der Waals surface area contributed by atoms with Crippen LogP contribution in [0.1, 0.15) is 27.7 Å². The van der Waals surface area contributed by atoms with Crippen molar-refractivity contribution in [1.29, 1.82) is 0 Å². The summed E-state index contributed by atoms with van der Waals surface area (Å²) in [5.74, 6) is 0.459. The molecule has 1 aromatic rings. The van der Waals surface area contributed by atoms with Crippen molar-refractivity contribution in [3.8, 4) is 5.75 Å². The molecule has 0 aromatic heterocycles. The van der Waals surface area contributed by atoms with Crippen molar-refractivity contribution in [2.24, 2.45) is 5.92 Å². The van der Waals surface area contributed by atoms with Gasteiger partial charge in [0.15, 0.2) is 5.82 Å². The van der Waals surface area contributed by atoms with E-state index in [1.165, 1.54) is 6.07 Å². The lowest BCUT2D eigenvalue weighted by molar-refractivity contribution is 0.205. The molecular formula is C14H23FO2Si. The molecule has 2 nitrogen and oxygen atoms in total. The molecule has 0 N–H and O–H groups in total. The maximum Gasteiger partial charge on any atom is 0.398 e. The summed E-state index contributed by atoms with van der Waals surface area (Å²) in [6.45, 7) is 8.98. The Hall–Kier alpha value is -0.873. The fraction of sp³-hybridized carbons (Fsp3) is 0.571. The first-order chi connectivity index (χ1) is 8.53. The molecule has 0 bridgehead atoms. The Morgan fingerprint density at radius 2 is 1.78 bits per heavy atom. The molecule has 4 heteroatoms. The minimum atomic E-state index is -2.32. The SMILES string of the molecule is CC[Si](CC)(OCC(C)C)Oc1ccccc1F. The van der Waals surface area contributed by atoms with E-state index in [0.29, 0.717) is 18.3 Å². The lowest BCUT2D eigenvalue weighted by Gasteiger charge is -2.30. The number of para-hydroxylation sites is 1.